The Morgan fingerprint density at radius 2 is 1.86 bits per heavy atom. The molecule has 9 nitrogen and oxygen atoms in total. The third-order valence-corrected chi connectivity index (χ3v) is 6.68. The molecule has 4 aromatic rings. The van der Waals surface area contributed by atoms with Crippen LogP contribution in [0.1, 0.15) is 41.9 Å². The Hall–Kier alpha value is -4.24. The highest BCUT2D eigenvalue weighted by molar-refractivity contribution is 6.06. The van der Waals surface area contributed by atoms with Crippen LogP contribution in [-0.4, -0.2) is 50.7 Å². The number of amides is 1. The number of hydrogen-bond donors (Lipinski definition) is 2. The van der Waals surface area contributed by atoms with Gasteiger partial charge in [-0.25, -0.2) is 9.48 Å². The zero-order chi connectivity index (χ0) is 25.9. The van der Waals surface area contributed by atoms with Gasteiger partial charge in [0.25, 0.3) is 11.5 Å². The highest BCUT2D eigenvalue weighted by atomic mass is 16.5. The zero-order valence-corrected chi connectivity index (χ0v) is 20.9. The van der Waals surface area contributed by atoms with Crippen LogP contribution in [0.15, 0.2) is 65.5 Å². The van der Waals surface area contributed by atoms with Gasteiger partial charge in [-0.05, 0) is 31.2 Å². The van der Waals surface area contributed by atoms with Crippen molar-refractivity contribution in [2.45, 2.75) is 39.3 Å². The minimum atomic E-state index is -1.04. The van der Waals surface area contributed by atoms with Gasteiger partial charge in [-0.15, -0.1) is 0 Å². The third kappa shape index (κ3) is 4.90. The number of aromatic nitrogens is 3. The molecule has 2 N–H and O–H groups in total. The quantitative estimate of drug-likeness (QED) is 0.376. The van der Waals surface area contributed by atoms with Gasteiger partial charge < -0.3 is 10.1 Å². The van der Waals surface area contributed by atoms with Gasteiger partial charge >= 0.3 is 5.97 Å². The van der Waals surface area contributed by atoms with Gasteiger partial charge in [-0.3, -0.25) is 24.6 Å². The van der Waals surface area contributed by atoms with E-state index in [9.17, 15) is 14.4 Å². The van der Waals surface area contributed by atoms with Crippen LogP contribution in [0.25, 0.3) is 16.6 Å². The second-order valence-electron chi connectivity index (χ2n) is 9.02. The summed E-state index contributed by atoms with van der Waals surface area (Å²) >= 11 is 0. The fourth-order valence-corrected chi connectivity index (χ4v) is 4.70. The molecule has 0 spiro atoms. The van der Waals surface area contributed by atoms with Crippen molar-refractivity contribution < 1.29 is 14.3 Å². The van der Waals surface area contributed by atoms with Crippen molar-refractivity contribution in [3.05, 3.63) is 87.8 Å². The summed E-state index contributed by atoms with van der Waals surface area (Å²) in [7, 11) is 0. The van der Waals surface area contributed by atoms with Crippen molar-refractivity contribution in [1.82, 2.24) is 19.7 Å². The number of pyridine rings is 1. The molecule has 1 atom stereocenters. The number of esters is 1. The number of ether oxygens (including phenoxy) is 1. The summed E-state index contributed by atoms with van der Waals surface area (Å²) in [5.41, 5.74) is 3.27. The summed E-state index contributed by atoms with van der Waals surface area (Å²) in [6.45, 7) is 6.20. The summed E-state index contributed by atoms with van der Waals surface area (Å²) in [4.78, 5) is 46.1. The van der Waals surface area contributed by atoms with E-state index < -0.39 is 18.0 Å². The largest absolute Gasteiger partial charge is 0.449 e. The first-order valence-electron chi connectivity index (χ1n) is 12.5. The zero-order valence-electron chi connectivity index (χ0n) is 20.9. The van der Waals surface area contributed by atoms with Gasteiger partial charge in [-0.1, -0.05) is 50.2 Å². The fraction of sp³-hybridized carbons (Fsp3) is 0.286. The van der Waals surface area contributed by atoms with Crippen LogP contribution in [0.3, 0.4) is 0 Å². The first kappa shape index (κ1) is 24.5. The number of nitrogens with zero attached hydrogens (tertiary/aromatic N) is 3. The molecule has 37 heavy (non-hydrogen) atoms. The lowest BCUT2D eigenvalue weighted by Gasteiger charge is -2.29. The van der Waals surface area contributed by atoms with Gasteiger partial charge in [0.2, 0.25) is 0 Å². The lowest BCUT2D eigenvalue weighted by Crippen LogP contribution is -2.35. The van der Waals surface area contributed by atoms with E-state index in [1.165, 1.54) is 10.7 Å². The van der Waals surface area contributed by atoms with E-state index in [4.69, 9.17) is 9.72 Å². The second kappa shape index (κ2) is 10.4. The molecule has 1 aliphatic heterocycles. The smallest absolute Gasteiger partial charge is 0.340 e. The van der Waals surface area contributed by atoms with Crippen LogP contribution >= 0.6 is 0 Å². The summed E-state index contributed by atoms with van der Waals surface area (Å²) in [6, 6.07) is 17.8. The number of fused-ring (bicyclic) bond motifs is 2. The van der Waals surface area contributed by atoms with Gasteiger partial charge in [0, 0.05) is 42.2 Å². The topological polar surface area (TPSA) is 109 Å². The molecule has 1 aliphatic rings. The molecule has 0 fully saturated rings. The molecule has 0 bridgehead atoms. The summed E-state index contributed by atoms with van der Waals surface area (Å²) in [6.07, 6.45) is -0.0184. The average molecular weight is 500 g/mol. The van der Waals surface area contributed by atoms with E-state index in [1.807, 2.05) is 42.5 Å². The van der Waals surface area contributed by atoms with Gasteiger partial charge in [0.05, 0.1) is 16.8 Å². The number of nitrogens with one attached hydrogen (secondary N) is 2. The minimum Gasteiger partial charge on any atom is -0.449 e. The van der Waals surface area contributed by atoms with Crippen LogP contribution in [-0.2, 0) is 22.5 Å². The van der Waals surface area contributed by atoms with Crippen molar-refractivity contribution in [2.24, 2.45) is 0 Å². The van der Waals surface area contributed by atoms with Crippen LogP contribution in [0.4, 0.5) is 5.82 Å². The van der Waals surface area contributed by atoms with Gasteiger partial charge in [-0.2, -0.15) is 0 Å². The van der Waals surface area contributed by atoms with E-state index in [0.29, 0.717) is 23.2 Å². The van der Waals surface area contributed by atoms with Crippen molar-refractivity contribution in [1.29, 1.82) is 0 Å². The molecule has 0 aliphatic carbocycles. The predicted molar refractivity (Wildman–Crippen MR) is 141 cm³/mol. The van der Waals surface area contributed by atoms with E-state index >= 15 is 0 Å². The average Bonchev–Trinajstić information content (AvgIpc) is 3.29. The standard InChI is InChI=1S/C28H29N5O4/c1-3-23(27(35)30-24-16-25(34)33(31-24)18-10-6-5-7-11-18)37-28(36)26-19-12-8-9-13-21(19)29-22-14-15-32(4-2)17-20(22)26/h5-13,16,23,31H,3-4,14-15,17H2,1-2H3,(H,30,35). The predicted octanol–water partition coefficient (Wildman–Crippen LogP) is 3.67. The van der Waals surface area contributed by atoms with Crippen molar-refractivity contribution in [3.8, 4) is 5.69 Å². The maximum atomic E-state index is 13.6. The summed E-state index contributed by atoms with van der Waals surface area (Å²) in [5.74, 6) is -0.844. The second-order valence-corrected chi connectivity index (χ2v) is 9.02. The maximum Gasteiger partial charge on any atom is 0.340 e. The Bertz CT molecular complexity index is 1510. The first-order chi connectivity index (χ1) is 18.0. The number of rotatable bonds is 7. The summed E-state index contributed by atoms with van der Waals surface area (Å²) in [5, 5.41) is 6.28. The molecule has 0 saturated heterocycles. The molecule has 1 amide bonds. The number of benzene rings is 2. The number of anilines is 1. The number of carbonyl (C=O) groups excluding carboxylic acids is 2. The van der Waals surface area contributed by atoms with Crippen LogP contribution in [0.2, 0.25) is 0 Å². The number of likely N-dealkylation sites (N-methyl/N-ethyl adjacent to an activating group) is 1. The molecule has 0 radical (unpaired) electrons. The Morgan fingerprint density at radius 3 is 2.62 bits per heavy atom. The lowest BCUT2D eigenvalue weighted by molar-refractivity contribution is -0.124. The molecular weight excluding hydrogens is 470 g/mol. The summed E-state index contributed by atoms with van der Waals surface area (Å²) < 4.78 is 7.12. The van der Waals surface area contributed by atoms with Crippen LogP contribution < -0.4 is 10.9 Å². The SMILES string of the molecule is CCC(OC(=O)c1c2c(nc3ccccc13)CCN(CC)C2)C(=O)Nc1cc(=O)n(-c2ccccc2)[nH]1. The lowest BCUT2D eigenvalue weighted by atomic mass is 9.95. The number of H-pyrrole nitrogens is 1. The molecule has 3 heterocycles. The molecular formula is C28H29N5O4. The van der Waals surface area contributed by atoms with E-state index in [2.05, 4.69) is 22.2 Å². The van der Waals surface area contributed by atoms with E-state index in [-0.39, 0.29) is 17.8 Å². The minimum absolute atomic E-state index is 0.221. The molecule has 2 aromatic carbocycles. The third-order valence-electron chi connectivity index (χ3n) is 6.68. The molecule has 2 aromatic heterocycles. The molecule has 9 heteroatoms. The van der Waals surface area contributed by atoms with E-state index in [1.54, 1.807) is 19.1 Å². The van der Waals surface area contributed by atoms with Gasteiger partial charge in [0.1, 0.15) is 5.82 Å². The van der Waals surface area contributed by atoms with Crippen molar-refractivity contribution in [3.63, 3.8) is 0 Å². The van der Waals surface area contributed by atoms with Crippen molar-refractivity contribution in [2.75, 3.05) is 18.4 Å². The number of aromatic amines is 1. The molecule has 5 rings (SSSR count). The Balaban J connectivity index is 1.40. The Labute approximate surface area is 214 Å². The Kier molecular flexibility index (Phi) is 6.87. The number of para-hydroxylation sites is 2. The highest BCUT2D eigenvalue weighted by Crippen LogP contribution is 2.29. The maximum absolute atomic E-state index is 13.6. The molecule has 1 unspecified atom stereocenters. The van der Waals surface area contributed by atoms with Crippen LogP contribution in [0.5, 0.6) is 0 Å². The monoisotopic (exact) mass is 499 g/mol. The number of hydrogen-bond acceptors (Lipinski definition) is 6. The molecule has 190 valence electrons. The van der Waals surface area contributed by atoms with Crippen LogP contribution in [0, 0.1) is 0 Å². The number of carbonyl (C=O) groups is 2. The highest BCUT2D eigenvalue weighted by Gasteiger charge is 2.29. The fourth-order valence-electron chi connectivity index (χ4n) is 4.70. The normalized spacial score (nSPS) is 14.2. The van der Waals surface area contributed by atoms with Crippen molar-refractivity contribution >= 4 is 28.6 Å². The van der Waals surface area contributed by atoms with E-state index in [0.717, 1.165) is 36.3 Å². The first-order valence-corrected chi connectivity index (χ1v) is 12.5. The molecule has 0 saturated carbocycles. The van der Waals surface area contributed by atoms with Gasteiger partial charge in [0.15, 0.2) is 6.10 Å². The Morgan fingerprint density at radius 1 is 1.11 bits per heavy atom.